The minimum absolute atomic E-state index is 0.0439. The Balaban J connectivity index is 1.76. The van der Waals surface area contributed by atoms with E-state index in [9.17, 15) is 14.4 Å². The van der Waals surface area contributed by atoms with Gasteiger partial charge in [-0.1, -0.05) is 29.8 Å². The number of benzene rings is 2. The number of nitrogens with one attached hydrogen (secondary N) is 1. The van der Waals surface area contributed by atoms with Crippen molar-refractivity contribution in [2.45, 2.75) is 18.9 Å². The van der Waals surface area contributed by atoms with Crippen LogP contribution in [0.5, 0.6) is 0 Å². The maximum absolute atomic E-state index is 12.6. The van der Waals surface area contributed by atoms with Crippen LogP contribution in [0, 0.1) is 0 Å². The third kappa shape index (κ3) is 3.80. The summed E-state index contributed by atoms with van der Waals surface area (Å²) in [4.78, 5) is 36.7. The molecule has 1 atom stereocenters. The molecule has 3 rings (SSSR count). The van der Waals surface area contributed by atoms with Crippen LogP contribution in [0.2, 0.25) is 5.02 Å². The molecule has 7 heteroatoms. The van der Waals surface area contributed by atoms with E-state index in [2.05, 4.69) is 5.32 Å². The van der Waals surface area contributed by atoms with Gasteiger partial charge in [-0.05, 0) is 35.9 Å². The van der Waals surface area contributed by atoms with Gasteiger partial charge in [0.15, 0.2) is 0 Å². The predicted octanol–water partition coefficient (Wildman–Crippen LogP) is 2.71. The number of carbonyl (C=O) groups excluding carboxylic acids is 2. The summed E-state index contributed by atoms with van der Waals surface area (Å²) in [5.41, 5.74) is 1.70. The maximum Gasteiger partial charge on any atom is 0.307 e. The Morgan fingerprint density at radius 3 is 2.56 bits per heavy atom. The highest BCUT2D eigenvalue weighted by Gasteiger charge is 2.39. The molecule has 128 valence electrons. The number of imide groups is 1. The van der Waals surface area contributed by atoms with E-state index in [1.54, 1.807) is 48.5 Å². The van der Waals surface area contributed by atoms with Gasteiger partial charge in [-0.25, -0.2) is 4.90 Å². The predicted molar refractivity (Wildman–Crippen MR) is 93.8 cm³/mol. The highest BCUT2D eigenvalue weighted by atomic mass is 35.5. The van der Waals surface area contributed by atoms with Crippen LogP contribution in [0.3, 0.4) is 0 Å². The van der Waals surface area contributed by atoms with Gasteiger partial charge in [-0.15, -0.1) is 0 Å². The molecule has 1 aliphatic rings. The number of halogens is 1. The monoisotopic (exact) mass is 358 g/mol. The van der Waals surface area contributed by atoms with E-state index >= 15 is 0 Å². The summed E-state index contributed by atoms with van der Waals surface area (Å²) in [6.45, 7) is 0. The van der Waals surface area contributed by atoms with E-state index < -0.39 is 12.0 Å². The lowest BCUT2D eigenvalue weighted by molar-refractivity contribution is -0.136. The Morgan fingerprint density at radius 1 is 1.20 bits per heavy atom. The van der Waals surface area contributed by atoms with Gasteiger partial charge in [0.2, 0.25) is 5.91 Å². The average Bonchev–Trinajstić information content (AvgIpc) is 2.82. The third-order valence-electron chi connectivity index (χ3n) is 3.86. The van der Waals surface area contributed by atoms with Gasteiger partial charge in [0, 0.05) is 10.7 Å². The van der Waals surface area contributed by atoms with E-state index in [1.807, 2.05) is 0 Å². The number of rotatable bonds is 5. The first-order chi connectivity index (χ1) is 11.9. The number of aliphatic carboxylic acids is 1. The van der Waals surface area contributed by atoms with Crippen LogP contribution >= 0.6 is 11.6 Å². The van der Waals surface area contributed by atoms with Crippen molar-refractivity contribution in [3.8, 4) is 0 Å². The molecule has 1 aliphatic heterocycles. The summed E-state index contributed by atoms with van der Waals surface area (Å²) in [5.74, 6) is -1.60. The standard InChI is InChI=1S/C18H15ClN2O4/c19-12-2-1-3-13(9-12)20-15-10-16(22)21(18(15)25)14-6-4-11(5-7-14)8-17(23)24/h1-7,9,15,20H,8,10H2,(H,23,24). The molecule has 2 aromatic rings. The highest BCUT2D eigenvalue weighted by molar-refractivity contribution is 6.30. The molecule has 2 N–H and O–H groups in total. The van der Waals surface area contributed by atoms with Gasteiger partial charge < -0.3 is 10.4 Å². The smallest absolute Gasteiger partial charge is 0.307 e. The summed E-state index contributed by atoms with van der Waals surface area (Å²) < 4.78 is 0. The van der Waals surface area contributed by atoms with Gasteiger partial charge in [0.1, 0.15) is 6.04 Å². The molecule has 1 saturated heterocycles. The number of nitrogens with zero attached hydrogens (tertiary/aromatic N) is 1. The minimum Gasteiger partial charge on any atom is -0.481 e. The van der Waals surface area contributed by atoms with Crippen molar-refractivity contribution in [1.82, 2.24) is 0 Å². The van der Waals surface area contributed by atoms with Crippen molar-refractivity contribution in [2.75, 3.05) is 10.2 Å². The Bertz CT molecular complexity index is 835. The molecule has 25 heavy (non-hydrogen) atoms. The first-order valence-electron chi connectivity index (χ1n) is 7.63. The minimum atomic E-state index is -0.938. The summed E-state index contributed by atoms with van der Waals surface area (Å²) in [5, 5.41) is 12.3. The largest absolute Gasteiger partial charge is 0.481 e. The van der Waals surface area contributed by atoms with Crippen molar-refractivity contribution in [3.05, 3.63) is 59.1 Å². The van der Waals surface area contributed by atoms with Crippen LogP contribution in [-0.2, 0) is 20.8 Å². The second-order valence-corrected chi connectivity index (χ2v) is 6.15. The van der Waals surface area contributed by atoms with Gasteiger partial charge in [-0.3, -0.25) is 14.4 Å². The fourth-order valence-corrected chi connectivity index (χ4v) is 2.92. The molecular formula is C18H15ClN2O4. The Hall–Kier alpha value is -2.86. The lowest BCUT2D eigenvalue weighted by Crippen LogP contribution is -2.34. The molecule has 0 spiro atoms. The second-order valence-electron chi connectivity index (χ2n) is 5.72. The maximum atomic E-state index is 12.6. The van der Waals surface area contributed by atoms with E-state index in [0.29, 0.717) is 22.0 Å². The van der Waals surface area contributed by atoms with Crippen molar-refractivity contribution in [1.29, 1.82) is 0 Å². The summed E-state index contributed by atoms with van der Waals surface area (Å²) in [6.07, 6.45) is -0.0661. The van der Waals surface area contributed by atoms with Crippen molar-refractivity contribution >= 4 is 40.8 Å². The molecular weight excluding hydrogens is 344 g/mol. The molecule has 0 radical (unpaired) electrons. The normalized spacial score (nSPS) is 17.0. The first-order valence-corrected chi connectivity index (χ1v) is 8.01. The first kappa shape index (κ1) is 17.0. The molecule has 2 amide bonds. The fraction of sp³-hybridized carbons (Fsp3) is 0.167. The zero-order valence-corrected chi connectivity index (χ0v) is 13.9. The SMILES string of the molecule is O=C(O)Cc1ccc(N2C(=O)CC(Nc3cccc(Cl)c3)C2=O)cc1. The number of hydrogen-bond acceptors (Lipinski definition) is 4. The fourth-order valence-electron chi connectivity index (χ4n) is 2.73. The second kappa shape index (κ2) is 6.94. The zero-order chi connectivity index (χ0) is 18.0. The number of amides is 2. The highest BCUT2D eigenvalue weighted by Crippen LogP contribution is 2.26. The van der Waals surface area contributed by atoms with Crippen LogP contribution in [0.15, 0.2) is 48.5 Å². The molecule has 0 saturated carbocycles. The van der Waals surface area contributed by atoms with Gasteiger partial charge in [0.25, 0.3) is 5.91 Å². The lowest BCUT2D eigenvalue weighted by atomic mass is 10.1. The molecule has 6 nitrogen and oxygen atoms in total. The van der Waals surface area contributed by atoms with Crippen molar-refractivity contribution < 1.29 is 19.5 Å². The topological polar surface area (TPSA) is 86.7 Å². The Morgan fingerprint density at radius 2 is 1.92 bits per heavy atom. The Labute approximate surface area is 149 Å². The number of anilines is 2. The summed E-state index contributed by atoms with van der Waals surface area (Å²) in [6, 6.07) is 12.6. The van der Waals surface area contributed by atoms with Crippen molar-refractivity contribution in [2.24, 2.45) is 0 Å². The van der Waals surface area contributed by atoms with E-state index in [1.165, 1.54) is 0 Å². The molecule has 2 aromatic carbocycles. The van der Waals surface area contributed by atoms with Crippen LogP contribution < -0.4 is 10.2 Å². The summed E-state index contributed by atoms with van der Waals surface area (Å²) >= 11 is 5.93. The lowest BCUT2D eigenvalue weighted by Gasteiger charge is -2.16. The van der Waals surface area contributed by atoms with Gasteiger partial charge >= 0.3 is 5.97 Å². The van der Waals surface area contributed by atoms with E-state index in [-0.39, 0.29) is 24.7 Å². The van der Waals surface area contributed by atoms with Crippen LogP contribution in [0.1, 0.15) is 12.0 Å². The van der Waals surface area contributed by atoms with Crippen molar-refractivity contribution in [3.63, 3.8) is 0 Å². The van der Waals surface area contributed by atoms with Crippen LogP contribution in [0.25, 0.3) is 0 Å². The Kier molecular flexibility index (Phi) is 4.72. The molecule has 1 unspecified atom stereocenters. The molecule has 0 aromatic heterocycles. The zero-order valence-electron chi connectivity index (χ0n) is 13.1. The van der Waals surface area contributed by atoms with Gasteiger partial charge in [0.05, 0.1) is 18.5 Å². The van der Waals surface area contributed by atoms with Gasteiger partial charge in [-0.2, -0.15) is 0 Å². The molecule has 1 fully saturated rings. The molecule has 0 aliphatic carbocycles. The van der Waals surface area contributed by atoms with E-state index in [0.717, 1.165) is 4.90 Å². The number of hydrogen-bond donors (Lipinski definition) is 2. The average molecular weight is 359 g/mol. The summed E-state index contributed by atoms with van der Waals surface area (Å²) in [7, 11) is 0. The quantitative estimate of drug-likeness (QED) is 0.802. The van der Waals surface area contributed by atoms with E-state index in [4.69, 9.17) is 16.7 Å². The number of carboxylic acid groups (broad SMARTS) is 1. The number of carbonyl (C=O) groups is 3. The molecule has 1 heterocycles. The number of carboxylic acids is 1. The van der Waals surface area contributed by atoms with Crippen LogP contribution in [0.4, 0.5) is 11.4 Å². The third-order valence-corrected chi connectivity index (χ3v) is 4.10. The molecule has 0 bridgehead atoms. The van der Waals surface area contributed by atoms with Crippen LogP contribution in [-0.4, -0.2) is 28.9 Å².